The van der Waals surface area contributed by atoms with Gasteiger partial charge in [0.15, 0.2) is 5.82 Å². The Morgan fingerprint density at radius 1 is 1.25 bits per heavy atom. The number of hydrogen-bond donors (Lipinski definition) is 1. The van der Waals surface area contributed by atoms with Gasteiger partial charge in [0.05, 0.1) is 5.02 Å². The van der Waals surface area contributed by atoms with Gasteiger partial charge in [-0.3, -0.25) is 0 Å². The van der Waals surface area contributed by atoms with Gasteiger partial charge in [-0.05, 0) is 31.4 Å². The molecule has 2 unspecified atom stereocenters. The Bertz CT molecular complexity index is 623. The molecule has 2 aliphatic heterocycles. The van der Waals surface area contributed by atoms with Crippen LogP contribution in [0.15, 0.2) is 23.1 Å². The van der Waals surface area contributed by atoms with Crippen LogP contribution in [0.4, 0.5) is 4.39 Å². The fourth-order valence-corrected chi connectivity index (χ4v) is 4.77. The van der Waals surface area contributed by atoms with Crippen molar-refractivity contribution in [1.82, 2.24) is 9.62 Å². The Hall–Kier alpha value is -0.690. The first kappa shape index (κ1) is 14.3. The highest BCUT2D eigenvalue weighted by atomic mass is 35.5. The molecule has 0 radical (unpaired) electrons. The Kier molecular flexibility index (Phi) is 3.75. The fourth-order valence-electron chi connectivity index (χ4n) is 2.95. The Morgan fingerprint density at radius 2 is 2.00 bits per heavy atom. The molecule has 1 aromatic carbocycles. The standard InChI is InChI=1S/C13H16ClFN2O2S/c14-11-2-1-3-12(13(11)15)20(18,19)17-7-6-9-4-5-10(8-17)16-9/h1-3,9-10,16H,4-8H2. The molecule has 20 heavy (non-hydrogen) atoms. The zero-order valence-electron chi connectivity index (χ0n) is 10.9. The minimum Gasteiger partial charge on any atom is -0.310 e. The van der Waals surface area contributed by atoms with Crippen molar-refractivity contribution in [3.63, 3.8) is 0 Å². The van der Waals surface area contributed by atoms with E-state index in [1.165, 1.54) is 22.5 Å². The second-order valence-corrected chi connectivity index (χ2v) is 7.66. The minimum absolute atomic E-state index is 0.166. The van der Waals surface area contributed by atoms with Crippen LogP contribution >= 0.6 is 11.6 Å². The van der Waals surface area contributed by atoms with E-state index in [0.717, 1.165) is 19.3 Å². The van der Waals surface area contributed by atoms with Crippen molar-refractivity contribution in [3.05, 3.63) is 29.0 Å². The van der Waals surface area contributed by atoms with Gasteiger partial charge >= 0.3 is 0 Å². The van der Waals surface area contributed by atoms with Gasteiger partial charge in [0, 0.05) is 25.2 Å². The molecule has 0 saturated carbocycles. The molecule has 7 heteroatoms. The summed E-state index contributed by atoms with van der Waals surface area (Å²) >= 11 is 5.68. The van der Waals surface area contributed by atoms with Crippen LogP contribution in [-0.4, -0.2) is 37.9 Å². The molecule has 0 aliphatic carbocycles. The number of nitrogens with zero attached hydrogens (tertiary/aromatic N) is 1. The molecule has 4 nitrogen and oxygen atoms in total. The lowest BCUT2D eigenvalue weighted by molar-refractivity contribution is 0.381. The molecule has 0 spiro atoms. The summed E-state index contributed by atoms with van der Waals surface area (Å²) in [6.07, 6.45) is 2.82. The van der Waals surface area contributed by atoms with E-state index in [1.54, 1.807) is 0 Å². The van der Waals surface area contributed by atoms with Gasteiger partial charge in [0.25, 0.3) is 0 Å². The number of halogens is 2. The monoisotopic (exact) mass is 318 g/mol. The Balaban J connectivity index is 1.93. The third-order valence-electron chi connectivity index (χ3n) is 4.02. The van der Waals surface area contributed by atoms with Crippen molar-refractivity contribution in [2.75, 3.05) is 13.1 Å². The second kappa shape index (κ2) is 5.26. The van der Waals surface area contributed by atoms with Gasteiger partial charge in [-0.25, -0.2) is 12.8 Å². The van der Waals surface area contributed by atoms with Crippen molar-refractivity contribution in [1.29, 1.82) is 0 Å². The van der Waals surface area contributed by atoms with Crippen molar-refractivity contribution in [3.8, 4) is 0 Å². The van der Waals surface area contributed by atoms with Gasteiger partial charge < -0.3 is 5.32 Å². The van der Waals surface area contributed by atoms with Crippen molar-refractivity contribution in [2.45, 2.75) is 36.2 Å². The van der Waals surface area contributed by atoms with Crippen LogP contribution in [0, 0.1) is 5.82 Å². The first-order valence-electron chi connectivity index (χ1n) is 6.68. The predicted octanol–water partition coefficient (Wildman–Crippen LogP) is 1.99. The Morgan fingerprint density at radius 3 is 2.80 bits per heavy atom. The van der Waals surface area contributed by atoms with E-state index in [9.17, 15) is 12.8 Å². The molecule has 2 saturated heterocycles. The van der Waals surface area contributed by atoms with Gasteiger partial charge in [-0.15, -0.1) is 0 Å². The topological polar surface area (TPSA) is 49.4 Å². The van der Waals surface area contributed by atoms with Gasteiger partial charge in [0.1, 0.15) is 4.90 Å². The van der Waals surface area contributed by atoms with Crippen molar-refractivity contribution in [2.24, 2.45) is 0 Å². The molecule has 0 amide bonds. The van der Waals surface area contributed by atoms with E-state index in [0.29, 0.717) is 19.1 Å². The van der Waals surface area contributed by atoms with Gasteiger partial charge in [0.2, 0.25) is 10.0 Å². The molecule has 2 heterocycles. The van der Waals surface area contributed by atoms with Crippen LogP contribution in [0.1, 0.15) is 19.3 Å². The van der Waals surface area contributed by atoms with Crippen LogP contribution in [0.25, 0.3) is 0 Å². The SMILES string of the molecule is O=S(=O)(c1cccc(Cl)c1F)N1CCC2CCC(C1)N2. The number of rotatable bonds is 2. The molecular formula is C13H16ClFN2O2S. The molecule has 110 valence electrons. The van der Waals surface area contributed by atoms with Crippen LogP contribution in [0.5, 0.6) is 0 Å². The Labute approximate surface area is 123 Å². The van der Waals surface area contributed by atoms with E-state index in [2.05, 4.69) is 5.32 Å². The van der Waals surface area contributed by atoms with Crippen LogP contribution < -0.4 is 5.32 Å². The third kappa shape index (κ3) is 2.45. The van der Waals surface area contributed by atoms with Crippen molar-refractivity contribution < 1.29 is 12.8 Å². The molecular weight excluding hydrogens is 303 g/mol. The predicted molar refractivity (Wildman–Crippen MR) is 74.7 cm³/mol. The summed E-state index contributed by atoms with van der Waals surface area (Å²) < 4.78 is 40.5. The molecule has 1 N–H and O–H groups in total. The average molecular weight is 319 g/mol. The van der Waals surface area contributed by atoms with Gasteiger partial charge in [-0.2, -0.15) is 4.31 Å². The van der Waals surface area contributed by atoms with Crippen LogP contribution in [0.3, 0.4) is 0 Å². The molecule has 2 bridgehead atoms. The van der Waals surface area contributed by atoms with Crippen LogP contribution in [0.2, 0.25) is 5.02 Å². The number of nitrogens with one attached hydrogen (secondary N) is 1. The van der Waals surface area contributed by atoms with Crippen molar-refractivity contribution >= 4 is 21.6 Å². The first-order chi connectivity index (χ1) is 9.48. The highest BCUT2D eigenvalue weighted by molar-refractivity contribution is 7.89. The summed E-state index contributed by atoms with van der Waals surface area (Å²) in [6, 6.07) is 4.62. The maximum atomic E-state index is 14.0. The number of benzene rings is 1. The normalized spacial score (nSPS) is 27.5. The third-order valence-corrected chi connectivity index (χ3v) is 6.19. The van der Waals surface area contributed by atoms with E-state index < -0.39 is 15.8 Å². The lowest BCUT2D eigenvalue weighted by Crippen LogP contribution is -2.39. The minimum atomic E-state index is -3.83. The number of hydrogen-bond acceptors (Lipinski definition) is 3. The molecule has 3 rings (SSSR count). The molecule has 2 atom stereocenters. The van der Waals surface area contributed by atoms with Gasteiger partial charge in [-0.1, -0.05) is 17.7 Å². The largest absolute Gasteiger partial charge is 0.310 e. The summed E-state index contributed by atoms with van der Waals surface area (Å²) in [5.41, 5.74) is 0. The quantitative estimate of drug-likeness (QED) is 0.907. The molecule has 0 aromatic heterocycles. The first-order valence-corrected chi connectivity index (χ1v) is 8.50. The highest BCUT2D eigenvalue weighted by Gasteiger charge is 2.36. The summed E-state index contributed by atoms with van der Waals surface area (Å²) in [6.45, 7) is 0.813. The van der Waals surface area contributed by atoms with Crippen LogP contribution in [-0.2, 0) is 10.0 Å². The second-order valence-electron chi connectivity index (χ2n) is 5.34. The summed E-state index contributed by atoms with van der Waals surface area (Å²) in [7, 11) is -3.83. The molecule has 2 aliphatic rings. The molecule has 1 aromatic rings. The fraction of sp³-hybridized carbons (Fsp3) is 0.538. The summed E-state index contributed by atoms with van der Waals surface area (Å²) in [5.74, 6) is -0.864. The zero-order chi connectivity index (χ0) is 14.3. The smallest absolute Gasteiger partial charge is 0.246 e. The summed E-state index contributed by atoms with van der Waals surface area (Å²) in [5, 5.41) is 3.24. The molecule has 2 fully saturated rings. The van der Waals surface area contributed by atoms with E-state index in [-0.39, 0.29) is 16.0 Å². The zero-order valence-corrected chi connectivity index (χ0v) is 12.4. The number of sulfonamides is 1. The van der Waals surface area contributed by atoms with E-state index in [1.807, 2.05) is 0 Å². The lowest BCUT2D eigenvalue weighted by Gasteiger charge is -2.24. The summed E-state index contributed by atoms with van der Waals surface area (Å²) in [4.78, 5) is -0.331. The maximum absolute atomic E-state index is 14.0. The van der Waals surface area contributed by atoms with E-state index in [4.69, 9.17) is 11.6 Å². The maximum Gasteiger partial charge on any atom is 0.246 e. The lowest BCUT2D eigenvalue weighted by atomic mass is 10.1. The average Bonchev–Trinajstić information content (AvgIpc) is 2.71. The number of fused-ring (bicyclic) bond motifs is 2. The highest BCUT2D eigenvalue weighted by Crippen LogP contribution is 2.28. The van der Waals surface area contributed by atoms with E-state index >= 15 is 0 Å².